The van der Waals surface area contributed by atoms with E-state index in [9.17, 15) is 9.59 Å². The molecule has 0 spiro atoms. The summed E-state index contributed by atoms with van der Waals surface area (Å²) >= 11 is 6.73. The van der Waals surface area contributed by atoms with Crippen LogP contribution in [0.15, 0.2) is 55.6 Å². The molecule has 2 aliphatic rings. The second kappa shape index (κ2) is 8.69. The Balaban J connectivity index is 1.81. The second-order valence-corrected chi connectivity index (χ2v) is 10.6. The molecule has 0 unspecified atom stereocenters. The van der Waals surface area contributed by atoms with E-state index in [1.165, 1.54) is 4.88 Å². The average molecular weight is 504 g/mol. The maximum atomic E-state index is 13.4. The highest BCUT2D eigenvalue weighted by Crippen LogP contribution is 2.47. The second-order valence-electron chi connectivity index (χ2n) is 7.39. The number of carbonyl (C=O) groups excluding carboxylic acids is 2. The van der Waals surface area contributed by atoms with E-state index in [0.717, 1.165) is 44.1 Å². The smallest absolute Gasteiger partial charge is 0.255 e. The summed E-state index contributed by atoms with van der Waals surface area (Å²) in [5.74, 6) is 0.00496. The molecule has 4 rings (SSSR count). The van der Waals surface area contributed by atoms with Gasteiger partial charge in [0.25, 0.3) is 5.91 Å². The zero-order valence-electron chi connectivity index (χ0n) is 17.0. The fourth-order valence-electron chi connectivity index (χ4n) is 4.10. The van der Waals surface area contributed by atoms with Gasteiger partial charge in [-0.1, -0.05) is 0 Å². The lowest BCUT2D eigenvalue weighted by Gasteiger charge is -2.34. The Morgan fingerprint density at radius 2 is 2.13 bits per heavy atom. The van der Waals surface area contributed by atoms with Crippen molar-refractivity contribution in [2.45, 2.75) is 43.2 Å². The van der Waals surface area contributed by atoms with Crippen LogP contribution >= 0.6 is 39.0 Å². The first-order valence-corrected chi connectivity index (χ1v) is 12.5. The highest BCUT2D eigenvalue weighted by atomic mass is 79.9. The molecule has 0 radical (unpaired) electrons. The molecule has 0 saturated heterocycles. The average Bonchev–Trinajstić information content (AvgIpc) is 3.09. The van der Waals surface area contributed by atoms with Crippen molar-refractivity contribution >= 4 is 56.5 Å². The molecule has 1 aliphatic heterocycles. The van der Waals surface area contributed by atoms with Gasteiger partial charge in [-0.2, -0.15) is 0 Å². The van der Waals surface area contributed by atoms with Gasteiger partial charge in [-0.3, -0.25) is 9.59 Å². The summed E-state index contributed by atoms with van der Waals surface area (Å²) in [5, 5.41) is 6.28. The van der Waals surface area contributed by atoms with E-state index < -0.39 is 0 Å². The first kappa shape index (κ1) is 21.3. The van der Waals surface area contributed by atoms with Gasteiger partial charge in [-0.05, 0) is 72.6 Å². The number of hydrogen-bond acceptors (Lipinski definition) is 6. The van der Waals surface area contributed by atoms with E-state index in [1.807, 2.05) is 19.2 Å². The highest BCUT2D eigenvalue weighted by Gasteiger charge is 2.39. The fraction of sp³-hybridized carbons (Fsp3) is 0.318. The van der Waals surface area contributed by atoms with Crippen LogP contribution in [0.2, 0.25) is 0 Å². The first-order chi connectivity index (χ1) is 14.4. The molecule has 156 valence electrons. The van der Waals surface area contributed by atoms with Gasteiger partial charge in [0.05, 0.1) is 4.21 Å². The van der Waals surface area contributed by atoms with Crippen LogP contribution in [0.3, 0.4) is 0 Å². The standard InChI is InChI=1S/C22H22BrN3O2S2/c1-11-9-14(22(29-3)30-11)19-18(21(28)26-17-8-7-13(23)10-24-17)12(2)25-15-5-4-6-16(27)20(15)19/h7-10,19,25H,4-6H2,1-3H3,(H,24,26,28)/t19-/m1/s1. The van der Waals surface area contributed by atoms with Crippen LogP contribution in [-0.2, 0) is 9.59 Å². The van der Waals surface area contributed by atoms with Crippen molar-refractivity contribution in [3.05, 3.63) is 61.8 Å². The molecule has 2 N–H and O–H groups in total. The molecule has 2 aromatic heterocycles. The van der Waals surface area contributed by atoms with E-state index in [-0.39, 0.29) is 17.6 Å². The van der Waals surface area contributed by atoms with E-state index in [4.69, 9.17) is 0 Å². The number of pyridine rings is 1. The number of anilines is 1. The molecular formula is C22H22BrN3O2S2. The number of nitrogens with one attached hydrogen (secondary N) is 2. The number of amides is 1. The number of aromatic nitrogens is 1. The van der Waals surface area contributed by atoms with Crippen LogP contribution < -0.4 is 10.6 Å². The van der Waals surface area contributed by atoms with Crippen LogP contribution in [0.5, 0.6) is 0 Å². The molecule has 0 saturated carbocycles. The van der Waals surface area contributed by atoms with Crippen molar-refractivity contribution in [1.82, 2.24) is 10.3 Å². The minimum atomic E-state index is -0.364. The van der Waals surface area contributed by atoms with Crippen LogP contribution in [0, 0.1) is 6.92 Å². The number of nitrogens with zero attached hydrogens (tertiary/aromatic N) is 1. The first-order valence-electron chi connectivity index (χ1n) is 9.70. The summed E-state index contributed by atoms with van der Waals surface area (Å²) in [6, 6.07) is 5.71. The quantitative estimate of drug-likeness (QED) is 0.535. The lowest BCUT2D eigenvalue weighted by Crippen LogP contribution is -2.35. The Bertz CT molecular complexity index is 1090. The number of allylic oxidation sites excluding steroid dienone is 3. The molecule has 5 nitrogen and oxygen atoms in total. The molecular weight excluding hydrogens is 482 g/mol. The predicted molar refractivity (Wildman–Crippen MR) is 126 cm³/mol. The zero-order chi connectivity index (χ0) is 21.4. The summed E-state index contributed by atoms with van der Waals surface area (Å²) in [4.78, 5) is 31.9. The van der Waals surface area contributed by atoms with Gasteiger partial charge in [-0.15, -0.1) is 23.1 Å². The van der Waals surface area contributed by atoms with Crippen molar-refractivity contribution in [2.24, 2.45) is 0 Å². The lowest BCUT2D eigenvalue weighted by atomic mass is 9.75. The van der Waals surface area contributed by atoms with Gasteiger partial charge in [-0.25, -0.2) is 4.98 Å². The van der Waals surface area contributed by atoms with Crippen molar-refractivity contribution < 1.29 is 9.59 Å². The number of halogens is 1. The lowest BCUT2D eigenvalue weighted by molar-refractivity contribution is -0.116. The minimum Gasteiger partial charge on any atom is -0.362 e. The maximum absolute atomic E-state index is 13.4. The Hall–Kier alpha value is -1.90. The van der Waals surface area contributed by atoms with E-state index in [1.54, 1.807) is 35.4 Å². The Morgan fingerprint density at radius 3 is 2.83 bits per heavy atom. The predicted octanol–water partition coefficient (Wildman–Crippen LogP) is 5.54. The molecule has 3 heterocycles. The molecule has 1 aliphatic carbocycles. The van der Waals surface area contributed by atoms with E-state index in [0.29, 0.717) is 17.8 Å². The third-order valence-corrected chi connectivity index (χ3v) is 8.02. The fourth-order valence-corrected chi connectivity index (χ4v) is 6.25. The van der Waals surface area contributed by atoms with E-state index in [2.05, 4.69) is 44.5 Å². The monoisotopic (exact) mass is 503 g/mol. The molecule has 8 heteroatoms. The number of thiophene rings is 1. The highest BCUT2D eigenvalue weighted by molar-refractivity contribution is 9.10. The zero-order valence-corrected chi connectivity index (χ0v) is 20.2. The van der Waals surface area contributed by atoms with Gasteiger partial charge in [0, 0.05) is 50.4 Å². The summed E-state index contributed by atoms with van der Waals surface area (Å²) < 4.78 is 1.98. The van der Waals surface area contributed by atoms with Crippen molar-refractivity contribution in [2.75, 3.05) is 11.6 Å². The Kier molecular flexibility index (Phi) is 6.18. The van der Waals surface area contributed by atoms with Gasteiger partial charge >= 0.3 is 0 Å². The Morgan fingerprint density at radius 1 is 1.33 bits per heavy atom. The number of Topliss-reactive ketones (excluding diaryl/α,β-unsaturated/α-hetero) is 1. The third kappa shape index (κ3) is 4.00. The third-order valence-electron chi connectivity index (χ3n) is 5.33. The van der Waals surface area contributed by atoms with Crippen LogP contribution in [-0.4, -0.2) is 22.9 Å². The number of dihydropyridines is 1. The van der Waals surface area contributed by atoms with Crippen molar-refractivity contribution in [1.29, 1.82) is 0 Å². The minimum absolute atomic E-state index is 0.129. The van der Waals surface area contributed by atoms with Crippen LogP contribution in [0.1, 0.15) is 42.5 Å². The summed E-state index contributed by atoms with van der Waals surface area (Å²) in [6.45, 7) is 3.98. The largest absolute Gasteiger partial charge is 0.362 e. The van der Waals surface area contributed by atoms with Crippen molar-refractivity contribution in [3.8, 4) is 0 Å². The number of hydrogen-bond donors (Lipinski definition) is 2. The SMILES string of the molecule is CSc1sc(C)cc1[C@@H]1C(C(=O)Nc2ccc(Br)cn2)=C(C)NC2=C1C(=O)CCC2. The van der Waals surface area contributed by atoms with Gasteiger partial charge in [0.2, 0.25) is 0 Å². The van der Waals surface area contributed by atoms with Gasteiger partial charge < -0.3 is 10.6 Å². The number of carbonyl (C=O) groups is 2. The molecule has 1 atom stereocenters. The van der Waals surface area contributed by atoms with Gasteiger partial charge in [0.1, 0.15) is 5.82 Å². The number of rotatable bonds is 4. The Labute approximate surface area is 192 Å². The number of thioether (sulfide) groups is 1. The summed E-state index contributed by atoms with van der Waals surface area (Å²) in [5.41, 5.74) is 4.13. The van der Waals surface area contributed by atoms with Gasteiger partial charge in [0.15, 0.2) is 5.78 Å². The molecule has 1 amide bonds. The normalized spacial score (nSPS) is 18.9. The molecule has 0 aromatic carbocycles. The van der Waals surface area contributed by atoms with Crippen LogP contribution in [0.4, 0.5) is 5.82 Å². The molecule has 0 bridgehead atoms. The van der Waals surface area contributed by atoms with Crippen LogP contribution in [0.25, 0.3) is 0 Å². The molecule has 30 heavy (non-hydrogen) atoms. The number of aryl methyl sites for hydroxylation is 1. The molecule has 2 aromatic rings. The van der Waals surface area contributed by atoms with E-state index >= 15 is 0 Å². The molecule has 0 fully saturated rings. The van der Waals surface area contributed by atoms with Crippen molar-refractivity contribution in [3.63, 3.8) is 0 Å². The topological polar surface area (TPSA) is 71.1 Å². The summed E-state index contributed by atoms with van der Waals surface area (Å²) in [7, 11) is 0. The number of ketones is 1. The maximum Gasteiger partial charge on any atom is 0.255 e. The summed E-state index contributed by atoms with van der Waals surface area (Å²) in [6.07, 6.45) is 5.88.